The van der Waals surface area contributed by atoms with Gasteiger partial charge in [0.15, 0.2) is 0 Å². The van der Waals surface area contributed by atoms with Gasteiger partial charge >= 0.3 is 0 Å². The lowest BCUT2D eigenvalue weighted by Gasteiger charge is -2.20. The number of carbonyl (C=O) groups is 1. The van der Waals surface area contributed by atoms with Gasteiger partial charge in [0.1, 0.15) is 5.24 Å². The molecule has 0 heterocycles. The lowest BCUT2D eigenvalue weighted by atomic mass is 10.2. The van der Waals surface area contributed by atoms with Crippen LogP contribution in [-0.4, -0.2) is 17.2 Å². The fourth-order valence-corrected chi connectivity index (χ4v) is 0.986. The molecule has 0 spiro atoms. The Bertz CT molecular complexity index is 260. The molecule has 12 heavy (non-hydrogen) atoms. The summed E-state index contributed by atoms with van der Waals surface area (Å²) in [6.07, 6.45) is 0. The maximum Gasteiger partial charge on any atom is 0.101 e. The van der Waals surface area contributed by atoms with Crippen LogP contribution in [0, 0.1) is 0 Å². The van der Waals surface area contributed by atoms with Crippen molar-refractivity contribution in [1.82, 2.24) is 4.90 Å². The van der Waals surface area contributed by atoms with Crippen LogP contribution in [0.3, 0.4) is 0 Å². The van der Waals surface area contributed by atoms with E-state index in [-0.39, 0.29) is 5.24 Å². The number of rotatable bonds is 2. The number of nitrogens with zero attached hydrogens (tertiary/aromatic N) is 1. The van der Waals surface area contributed by atoms with Gasteiger partial charge in [-0.2, -0.15) is 0 Å². The molecule has 0 bridgehead atoms. The molecule has 2 nitrogen and oxygen atoms in total. The van der Waals surface area contributed by atoms with E-state index in [1.807, 2.05) is 30.3 Å². The number of hydrogen-bond acceptors (Lipinski definition) is 2. The molecule has 0 saturated carbocycles. The first-order valence-electron chi connectivity index (χ1n) is 3.66. The van der Waals surface area contributed by atoms with Crippen molar-refractivity contribution in [3.05, 3.63) is 35.9 Å². The third-order valence-electron chi connectivity index (χ3n) is 1.57. The second-order valence-corrected chi connectivity index (χ2v) is 2.96. The molecule has 0 aromatic heterocycles. The van der Waals surface area contributed by atoms with Gasteiger partial charge in [-0.05, 0) is 5.56 Å². The average Bonchev–Trinajstić information content (AvgIpc) is 2.06. The molecular formula is C9H10NOS-. The van der Waals surface area contributed by atoms with Crippen molar-refractivity contribution in [1.29, 1.82) is 0 Å². The molecule has 0 fully saturated rings. The van der Waals surface area contributed by atoms with Crippen LogP contribution in [0.2, 0.25) is 0 Å². The number of carbonyl (C=O) groups excluding carboxylic acids is 1. The van der Waals surface area contributed by atoms with Crippen LogP contribution >= 0.6 is 0 Å². The SMILES string of the molecule is CN(Cc1ccccc1)C(=O)[S-]. The van der Waals surface area contributed by atoms with Crippen LogP contribution in [0.1, 0.15) is 5.56 Å². The van der Waals surface area contributed by atoms with Gasteiger partial charge < -0.3 is 22.3 Å². The third-order valence-corrected chi connectivity index (χ3v) is 1.89. The van der Waals surface area contributed by atoms with Crippen molar-refractivity contribution in [3.8, 4) is 0 Å². The van der Waals surface area contributed by atoms with Crippen molar-refractivity contribution < 1.29 is 4.79 Å². The summed E-state index contributed by atoms with van der Waals surface area (Å²) in [6, 6.07) is 9.76. The predicted octanol–water partition coefficient (Wildman–Crippen LogP) is 1.79. The Hall–Kier alpha value is -1.09. The van der Waals surface area contributed by atoms with Gasteiger partial charge in [0.05, 0.1) is 0 Å². The van der Waals surface area contributed by atoms with E-state index in [0.717, 1.165) is 5.56 Å². The zero-order valence-electron chi connectivity index (χ0n) is 6.86. The number of hydrogen-bond donors (Lipinski definition) is 0. The van der Waals surface area contributed by atoms with Gasteiger partial charge in [-0.1, -0.05) is 30.3 Å². The van der Waals surface area contributed by atoms with Crippen molar-refractivity contribution in [2.45, 2.75) is 6.54 Å². The summed E-state index contributed by atoms with van der Waals surface area (Å²) in [5.74, 6) is 0. The summed E-state index contributed by atoms with van der Waals surface area (Å²) in [5.41, 5.74) is 1.10. The molecule has 0 saturated heterocycles. The molecule has 1 aromatic rings. The predicted molar refractivity (Wildman–Crippen MR) is 50.7 cm³/mol. The molecule has 0 aliphatic carbocycles. The second-order valence-electron chi connectivity index (χ2n) is 2.61. The molecule has 64 valence electrons. The van der Waals surface area contributed by atoms with Gasteiger partial charge in [0, 0.05) is 13.6 Å². The molecule has 0 aliphatic rings. The van der Waals surface area contributed by atoms with E-state index in [1.54, 1.807) is 7.05 Å². The normalized spacial score (nSPS) is 9.42. The van der Waals surface area contributed by atoms with Gasteiger partial charge in [-0.25, -0.2) is 0 Å². The zero-order chi connectivity index (χ0) is 8.97. The minimum Gasteiger partial charge on any atom is -0.719 e. The van der Waals surface area contributed by atoms with Gasteiger partial charge in [0.25, 0.3) is 0 Å². The highest BCUT2D eigenvalue weighted by Crippen LogP contribution is 2.02. The summed E-state index contributed by atoms with van der Waals surface area (Å²) in [4.78, 5) is 12.2. The first-order chi connectivity index (χ1) is 5.70. The highest BCUT2D eigenvalue weighted by Gasteiger charge is 1.96. The second kappa shape index (κ2) is 4.07. The molecule has 1 amide bonds. The fourth-order valence-electron chi connectivity index (χ4n) is 0.922. The smallest absolute Gasteiger partial charge is 0.101 e. The first kappa shape index (κ1) is 9.00. The van der Waals surface area contributed by atoms with Crippen LogP contribution in [0.5, 0.6) is 0 Å². The van der Waals surface area contributed by atoms with E-state index in [2.05, 4.69) is 12.6 Å². The molecule has 0 unspecified atom stereocenters. The lowest BCUT2D eigenvalue weighted by molar-refractivity contribution is 0.232. The van der Waals surface area contributed by atoms with Crippen LogP contribution in [-0.2, 0) is 19.2 Å². The van der Waals surface area contributed by atoms with Gasteiger partial charge in [0.2, 0.25) is 0 Å². The van der Waals surface area contributed by atoms with Crippen molar-refractivity contribution >= 4 is 17.9 Å². The van der Waals surface area contributed by atoms with Crippen molar-refractivity contribution in [2.75, 3.05) is 7.05 Å². The first-order valence-corrected chi connectivity index (χ1v) is 4.07. The number of benzene rings is 1. The maximum absolute atomic E-state index is 10.7. The van der Waals surface area contributed by atoms with E-state index in [9.17, 15) is 4.79 Å². The Morgan fingerprint density at radius 1 is 1.42 bits per heavy atom. The molecule has 0 atom stereocenters. The molecule has 0 aliphatic heterocycles. The number of amides is 1. The Balaban J connectivity index is 2.58. The summed E-state index contributed by atoms with van der Waals surface area (Å²) in [5, 5.41) is -0.321. The van der Waals surface area contributed by atoms with Gasteiger partial charge in [-0.15, -0.1) is 0 Å². The summed E-state index contributed by atoms with van der Waals surface area (Å²) >= 11 is 4.49. The van der Waals surface area contributed by atoms with Crippen LogP contribution in [0.4, 0.5) is 4.79 Å². The van der Waals surface area contributed by atoms with E-state index in [4.69, 9.17) is 0 Å². The third kappa shape index (κ3) is 2.51. The molecule has 3 heteroatoms. The Kier molecular flexibility index (Phi) is 3.05. The zero-order valence-corrected chi connectivity index (χ0v) is 7.67. The van der Waals surface area contributed by atoms with E-state index >= 15 is 0 Å². The minimum absolute atomic E-state index is 0.321. The summed E-state index contributed by atoms with van der Waals surface area (Å²) in [6.45, 7) is 0.586. The quantitative estimate of drug-likeness (QED) is 0.647. The Morgan fingerprint density at radius 2 is 2.00 bits per heavy atom. The summed E-state index contributed by atoms with van der Waals surface area (Å²) < 4.78 is 0. The topological polar surface area (TPSA) is 20.3 Å². The Labute approximate surface area is 77.6 Å². The molecule has 1 rings (SSSR count). The fraction of sp³-hybridized carbons (Fsp3) is 0.222. The molecular weight excluding hydrogens is 170 g/mol. The van der Waals surface area contributed by atoms with Crippen LogP contribution < -0.4 is 0 Å². The van der Waals surface area contributed by atoms with E-state index < -0.39 is 0 Å². The molecule has 0 radical (unpaired) electrons. The van der Waals surface area contributed by atoms with E-state index in [1.165, 1.54) is 4.90 Å². The van der Waals surface area contributed by atoms with Crippen molar-refractivity contribution in [3.63, 3.8) is 0 Å². The maximum atomic E-state index is 10.7. The average molecular weight is 180 g/mol. The highest BCUT2D eigenvalue weighted by molar-refractivity contribution is 7.76. The standard InChI is InChI=1S/C9H11NOS/c1-10(9(11)12)7-8-5-3-2-4-6-8/h2-6H,7H2,1H3,(H,11,12)/p-1. The highest BCUT2D eigenvalue weighted by atomic mass is 32.1. The lowest BCUT2D eigenvalue weighted by Crippen LogP contribution is -2.22. The molecule has 1 aromatic carbocycles. The largest absolute Gasteiger partial charge is 0.719 e. The Morgan fingerprint density at radius 3 is 2.50 bits per heavy atom. The van der Waals surface area contributed by atoms with E-state index in [0.29, 0.717) is 6.54 Å². The summed E-state index contributed by atoms with van der Waals surface area (Å²) in [7, 11) is 1.70. The van der Waals surface area contributed by atoms with Crippen molar-refractivity contribution in [2.24, 2.45) is 0 Å². The van der Waals surface area contributed by atoms with Gasteiger partial charge in [-0.3, -0.25) is 0 Å². The minimum atomic E-state index is -0.321. The monoisotopic (exact) mass is 180 g/mol. The van der Waals surface area contributed by atoms with Crippen LogP contribution in [0.25, 0.3) is 0 Å². The molecule has 0 N–H and O–H groups in total. The van der Waals surface area contributed by atoms with Crippen LogP contribution in [0.15, 0.2) is 30.3 Å².